The summed E-state index contributed by atoms with van der Waals surface area (Å²) in [7, 11) is 0. The molecule has 2 N–H and O–H groups in total. The minimum atomic E-state index is -0.911. The Bertz CT molecular complexity index is 939. The van der Waals surface area contributed by atoms with Gasteiger partial charge in [0.15, 0.2) is 0 Å². The number of benzene rings is 2. The molecule has 1 fully saturated rings. The fraction of sp³-hybridized carbons (Fsp3) is 0.464. The molecule has 6 heteroatoms. The van der Waals surface area contributed by atoms with Crippen LogP contribution in [0.25, 0.3) is 0 Å². The number of hydrogen-bond donors (Lipinski definition) is 2. The first-order chi connectivity index (χ1) is 16.4. The minimum Gasteiger partial charge on any atom is -0.443 e. The van der Waals surface area contributed by atoms with Gasteiger partial charge in [-0.1, -0.05) is 80.4 Å². The van der Waals surface area contributed by atoms with Crippen LogP contribution in [-0.2, 0) is 20.7 Å². The number of nitrogens with one attached hydrogen (secondary N) is 2. The Kier molecular flexibility index (Phi) is 9.25. The van der Waals surface area contributed by atoms with E-state index in [1.807, 2.05) is 74.5 Å². The highest BCUT2D eigenvalue weighted by molar-refractivity contribution is 6.38. The quantitative estimate of drug-likeness (QED) is 0.444. The normalized spacial score (nSPS) is 16.3. The van der Waals surface area contributed by atoms with Crippen molar-refractivity contribution in [2.45, 2.75) is 82.9 Å². The lowest BCUT2D eigenvalue weighted by Crippen LogP contribution is -2.50. The standard InChI is InChI=1S/C28H36N2O4/c1-3-4-17-24(25(31)26(32)29-21(2)23-15-9-6-10-16-23)30-27(33)34-28(18-11-12-19-28)20-22-13-7-5-8-14-22/h5-10,13-16,21,24H,3-4,11-12,17-20H2,1-2H3,(H,29,32)(H,30,33)/t21-,24?/m1/s1. The zero-order valence-corrected chi connectivity index (χ0v) is 20.2. The third kappa shape index (κ3) is 7.17. The van der Waals surface area contributed by atoms with Gasteiger partial charge >= 0.3 is 6.09 Å². The highest BCUT2D eigenvalue weighted by Gasteiger charge is 2.39. The summed E-state index contributed by atoms with van der Waals surface area (Å²) < 4.78 is 5.96. The molecular weight excluding hydrogens is 428 g/mol. The number of unbranched alkanes of at least 4 members (excludes halogenated alkanes) is 1. The van der Waals surface area contributed by atoms with Gasteiger partial charge in [-0.15, -0.1) is 0 Å². The highest BCUT2D eigenvalue weighted by atomic mass is 16.6. The number of Topliss-reactive ketones (excluding diaryl/α,β-unsaturated/α-hetero) is 1. The van der Waals surface area contributed by atoms with Crippen LogP contribution in [0.4, 0.5) is 4.79 Å². The van der Waals surface area contributed by atoms with E-state index in [9.17, 15) is 14.4 Å². The van der Waals surface area contributed by atoms with Crippen LogP contribution in [0.2, 0.25) is 0 Å². The second-order valence-corrected chi connectivity index (χ2v) is 9.25. The van der Waals surface area contributed by atoms with Crippen molar-refractivity contribution < 1.29 is 19.1 Å². The first-order valence-corrected chi connectivity index (χ1v) is 12.4. The van der Waals surface area contributed by atoms with E-state index in [0.29, 0.717) is 19.3 Å². The van der Waals surface area contributed by atoms with Gasteiger partial charge in [0.25, 0.3) is 5.91 Å². The second kappa shape index (κ2) is 12.4. The van der Waals surface area contributed by atoms with E-state index >= 15 is 0 Å². The van der Waals surface area contributed by atoms with Crippen molar-refractivity contribution in [2.75, 3.05) is 0 Å². The number of alkyl carbamates (subject to hydrolysis) is 1. The maximum atomic E-state index is 13.0. The molecule has 0 bridgehead atoms. The molecule has 2 amide bonds. The van der Waals surface area contributed by atoms with Crippen molar-refractivity contribution in [3.63, 3.8) is 0 Å². The van der Waals surface area contributed by atoms with Crippen LogP contribution in [0, 0.1) is 0 Å². The van der Waals surface area contributed by atoms with Gasteiger partial charge in [0.05, 0.1) is 6.04 Å². The molecule has 1 aliphatic carbocycles. The maximum Gasteiger partial charge on any atom is 0.408 e. The lowest BCUT2D eigenvalue weighted by molar-refractivity contribution is -0.139. The monoisotopic (exact) mass is 464 g/mol. The third-order valence-corrected chi connectivity index (χ3v) is 6.52. The van der Waals surface area contributed by atoms with Crippen LogP contribution in [0.1, 0.15) is 76.0 Å². The van der Waals surface area contributed by atoms with E-state index in [4.69, 9.17) is 4.74 Å². The van der Waals surface area contributed by atoms with Crippen molar-refractivity contribution in [1.29, 1.82) is 0 Å². The van der Waals surface area contributed by atoms with E-state index < -0.39 is 29.4 Å². The summed E-state index contributed by atoms with van der Waals surface area (Å²) in [5, 5.41) is 5.47. The molecule has 0 saturated heterocycles. The molecule has 0 aliphatic heterocycles. The van der Waals surface area contributed by atoms with Crippen LogP contribution in [-0.4, -0.2) is 29.4 Å². The molecule has 0 spiro atoms. The largest absolute Gasteiger partial charge is 0.443 e. The minimum absolute atomic E-state index is 0.316. The number of ether oxygens (including phenoxy) is 1. The molecule has 2 aromatic rings. The molecule has 182 valence electrons. The molecule has 1 unspecified atom stereocenters. The van der Waals surface area contributed by atoms with Crippen molar-refractivity contribution in [3.8, 4) is 0 Å². The number of hydrogen-bond acceptors (Lipinski definition) is 4. The second-order valence-electron chi connectivity index (χ2n) is 9.25. The Hall–Kier alpha value is -3.15. The van der Waals surface area contributed by atoms with E-state index in [1.54, 1.807) is 0 Å². The molecule has 6 nitrogen and oxygen atoms in total. The molecule has 1 aliphatic rings. The summed E-state index contributed by atoms with van der Waals surface area (Å²) in [4.78, 5) is 38.6. The topological polar surface area (TPSA) is 84.5 Å². The van der Waals surface area contributed by atoms with Gasteiger partial charge < -0.3 is 15.4 Å². The predicted octanol–water partition coefficient (Wildman–Crippen LogP) is 5.27. The zero-order valence-electron chi connectivity index (χ0n) is 20.2. The molecule has 3 rings (SSSR count). The summed E-state index contributed by atoms with van der Waals surface area (Å²) in [6.07, 6.45) is 5.55. The van der Waals surface area contributed by atoms with E-state index in [-0.39, 0.29) is 6.04 Å². The number of rotatable bonds is 11. The summed E-state index contributed by atoms with van der Waals surface area (Å²) >= 11 is 0. The summed E-state index contributed by atoms with van der Waals surface area (Å²) in [6.45, 7) is 3.83. The van der Waals surface area contributed by atoms with E-state index in [1.165, 1.54) is 0 Å². The molecule has 0 aromatic heterocycles. The van der Waals surface area contributed by atoms with Crippen molar-refractivity contribution in [3.05, 3.63) is 71.8 Å². The molecule has 0 heterocycles. The number of amides is 2. The molecule has 0 radical (unpaired) electrons. The Morgan fingerprint density at radius 1 is 0.941 bits per heavy atom. The third-order valence-electron chi connectivity index (χ3n) is 6.52. The van der Waals surface area contributed by atoms with Crippen LogP contribution < -0.4 is 10.6 Å². The molecule has 2 aromatic carbocycles. The van der Waals surface area contributed by atoms with Crippen molar-refractivity contribution >= 4 is 17.8 Å². The molecule has 1 saturated carbocycles. The Morgan fingerprint density at radius 2 is 1.56 bits per heavy atom. The van der Waals surface area contributed by atoms with Crippen molar-refractivity contribution in [2.24, 2.45) is 0 Å². The fourth-order valence-corrected chi connectivity index (χ4v) is 4.60. The van der Waals surface area contributed by atoms with Gasteiger partial charge in [-0.2, -0.15) is 0 Å². The Labute approximate surface area is 202 Å². The average molecular weight is 465 g/mol. The first kappa shape index (κ1) is 25.5. The number of carbonyl (C=O) groups is 3. The van der Waals surface area contributed by atoms with Crippen LogP contribution in [0.3, 0.4) is 0 Å². The van der Waals surface area contributed by atoms with Gasteiger partial charge in [-0.3, -0.25) is 9.59 Å². The Balaban J connectivity index is 1.64. The van der Waals surface area contributed by atoms with Gasteiger partial charge in [0, 0.05) is 6.42 Å². The van der Waals surface area contributed by atoms with Crippen LogP contribution in [0.15, 0.2) is 60.7 Å². The summed E-state index contributed by atoms with van der Waals surface area (Å²) in [5.41, 5.74) is 1.45. The van der Waals surface area contributed by atoms with Gasteiger partial charge in [-0.25, -0.2) is 4.79 Å². The zero-order chi connectivity index (χ0) is 24.4. The van der Waals surface area contributed by atoms with Crippen LogP contribution >= 0.6 is 0 Å². The number of carbonyl (C=O) groups excluding carboxylic acids is 3. The SMILES string of the molecule is CCCCC(NC(=O)OC1(Cc2ccccc2)CCCC1)C(=O)C(=O)N[C@H](C)c1ccccc1. The number of ketones is 1. The Morgan fingerprint density at radius 3 is 2.18 bits per heavy atom. The van der Waals surface area contributed by atoms with Crippen LogP contribution in [0.5, 0.6) is 0 Å². The lowest BCUT2D eigenvalue weighted by Gasteiger charge is -2.30. The molecule has 34 heavy (non-hydrogen) atoms. The van der Waals surface area contributed by atoms with Gasteiger partial charge in [-0.05, 0) is 50.2 Å². The molecular formula is C28H36N2O4. The first-order valence-electron chi connectivity index (χ1n) is 12.4. The molecule has 2 atom stereocenters. The smallest absolute Gasteiger partial charge is 0.408 e. The predicted molar refractivity (Wildman–Crippen MR) is 132 cm³/mol. The fourth-order valence-electron chi connectivity index (χ4n) is 4.60. The maximum absolute atomic E-state index is 13.0. The van der Waals surface area contributed by atoms with E-state index in [0.717, 1.165) is 43.2 Å². The summed E-state index contributed by atoms with van der Waals surface area (Å²) in [5.74, 6) is -1.34. The average Bonchev–Trinajstić information content (AvgIpc) is 3.29. The highest BCUT2D eigenvalue weighted by Crippen LogP contribution is 2.36. The van der Waals surface area contributed by atoms with Gasteiger partial charge in [0.2, 0.25) is 5.78 Å². The van der Waals surface area contributed by atoms with Crippen molar-refractivity contribution in [1.82, 2.24) is 10.6 Å². The van der Waals surface area contributed by atoms with Gasteiger partial charge in [0.1, 0.15) is 11.6 Å². The summed E-state index contributed by atoms with van der Waals surface area (Å²) in [6, 6.07) is 18.2. The lowest BCUT2D eigenvalue weighted by atomic mass is 9.92. The van der Waals surface area contributed by atoms with E-state index in [2.05, 4.69) is 10.6 Å².